The molecule has 2 aliphatic carbocycles. The number of furan rings is 1. The molecule has 3 aromatic rings. The van der Waals surface area contributed by atoms with Gasteiger partial charge in [-0.05, 0) is 31.9 Å². The highest BCUT2D eigenvalue weighted by atomic mass is 16.4. The molecule has 2 aliphatic rings. The number of hydrogen-bond acceptors (Lipinski definition) is 4. The van der Waals surface area contributed by atoms with Crippen molar-refractivity contribution >= 4 is 5.97 Å². The number of nitrogens with zero attached hydrogens (tertiary/aromatic N) is 3. The van der Waals surface area contributed by atoms with Crippen molar-refractivity contribution in [2.24, 2.45) is 0 Å². The van der Waals surface area contributed by atoms with Gasteiger partial charge in [0.05, 0.1) is 17.9 Å². The molecule has 1 spiro atoms. The summed E-state index contributed by atoms with van der Waals surface area (Å²) in [6.45, 7) is 2.41. The van der Waals surface area contributed by atoms with Crippen LogP contribution in [0.1, 0.15) is 52.4 Å². The maximum absolute atomic E-state index is 11.5. The second kappa shape index (κ2) is 5.30. The van der Waals surface area contributed by atoms with Gasteiger partial charge in [0.25, 0.3) is 0 Å². The summed E-state index contributed by atoms with van der Waals surface area (Å²) in [4.78, 5) is 15.9. The van der Waals surface area contributed by atoms with Gasteiger partial charge < -0.3 is 9.52 Å². The minimum absolute atomic E-state index is 0.0385. The van der Waals surface area contributed by atoms with E-state index in [1.165, 1.54) is 12.0 Å². The van der Waals surface area contributed by atoms with E-state index in [1.54, 1.807) is 6.20 Å². The van der Waals surface area contributed by atoms with Crippen LogP contribution in [0.2, 0.25) is 0 Å². The Hall–Kier alpha value is -2.89. The summed E-state index contributed by atoms with van der Waals surface area (Å²) in [5.41, 5.74) is 4.65. The summed E-state index contributed by atoms with van der Waals surface area (Å²) < 4.78 is 7.68. The number of carboxylic acids is 1. The zero-order valence-electron chi connectivity index (χ0n) is 14.5. The molecular formula is C20H19N3O3. The van der Waals surface area contributed by atoms with Gasteiger partial charge in [-0.1, -0.05) is 12.5 Å². The number of hydrogen-bond donors (Lipinski definition) is 1. The van der Waals surface area contributed by atoms with Crippen LogP contribution in [0.5, 0.6) is 0 Å². The predicted molar refractivity (Wildman–Crippen MR) is 94.2 cm³/mol. The van der Waals surface area contributed by atoms with Crippen molar-refractivity contribution in [3.8, 4) is 11.3 Å². The molecule has 1 N–H and O–H groups in total. The molecule has 0 saturated heterocycles. The van der Waals surface area contributed by atoms with E-state index >= 15 is 0 Å². The molecule has 0 unspecified atom stereocenters. The number of fused-ring (bicyclic) bond motifs is 4. The minimum atomic E-state index is -1.02. The minimum Gasteiger partial charge on any atom is -0.475 e. The molecule has 5 rings (SSSR count). The van der Waals surface area contributed by atoms with Gasteiger partial charge in [-0.2, -0.15) is 5.10 Å². The molecule has 1 saturated carbocycles. The summed E-state index contributed by atoms with van der Waals surface area (Å²) in [6.07, 6.45) is 8.04. The van der Waals surface area contributed by atoms with Gasteiger partial charge >= 0.3 is 5.97 Å². The first-order chi connectivity index (χ1) is 12.6. The normalized spacial score (nSPS) is 16.8. The lowest BCUT2D eigenvalue weighted by Crippen LogP contribution is -2.38. The molecular weight excluding hydrogens is 330 g/mol. The third kappa shape index (κ3) is 2.08. The topological polar surface area (TPSA) is 81.1 Å². The van der Waals surface area contributed by atoms with Gasteiger partial charge in [-0.3, -0.25) is 9.67 Å². The molecule has 0 atom stereocenters. The predicted octanol–water partition coefficient (Wildman–Crippen LogP) is 3.57. The third-order valence-corrected chi connectivity index (χ3v) is 5.84. The summed E-state index contributed by atoms with van der Waals surface area (Å²) in [6, 6.07) is 5.85. The Morgan fingerprint density at radius 2 is 2.23 bits per heavy atom. The molecule has 0 radical (unpaired) electrons. The van der Waals surface area contributed by atoms with Gasteiger partial charge in [0.1, 0.15) is 5.76 Å². The van der Waals surface area contributed by atoms with Crippen molar-refractivity contribution in [3.63, 3.8) is 0 Å². The number of pyridine rings is 1. The Morgan fingerprint density at radius 1 is 1.38 bits per heavy atom. The first-order valence-electron chi connectivity index (χ1n) is 8.91. The van der Waals surface area contributed by atoms with Crippen molar-refractivity contribution in [1.82, 2.24) is 14.8 Å². The average Bonchev–Trinajstić information content (AvgIpc) is 3.14. The Kier molecular flexibility index (Phi) is 3.13. The Labute approximate surface area is 150 Å². The van der Waals surface area contributed by atoms with Gasteiger partial charge in [0.15, 0.2) is 0 Å². The monoisotopic (exact) mass is 349 g/mol. The van der Waals surface area contributed by atoms with E-state index in [4.69, 9.17) is 9.52 Å². The van der Waals surface area contributed by atoms with Gasteiger partial charge in [-0.25, -0.2) is 4.79 Å². The zero-order valence-corrected chi connectivity index (χ0v) is 14.5. The highest BCUT2D eigenvalue weighted by molar-refractivity contribution is 5.90. The maximum atomic E-state index is 11.5. The third-order valence-electron chi connectivity index (χ3n) is 5.84. The summed E-state index contributed by atoms with van der Waals surface area (Å²) in [7, 11) is 0. The number of carboxylic acid groups (broad SMARTS) is 1. The molecule has 3 aromatic heterocycles. The number of aromatic carboxylic acids is 1. The smallest absolute Gasteiger partial charge is 0.372 e. The lowest BCUT2D eigenvalue weighted by atomic mass is 9.59. The SMILES string of the molecule is Cc1c(C(=O)O)oc2c1-c1nn(Cc3ccccn3)cc1C1(CCC1)C2. The van der Waals surface area contributed by atoms with Crippen LogP contribution < -0.4 is 0 Å². The van der Waals surface area contributed by atoms with Crippen LogP contribution in [0.25, 0.3) is 11.3 Å². The molecule has 0 aliphatic heterocycles. The highest BCUT2D eigenvalue weighted by Crippen LogP contribution is 2.54. The molecule has 132 valence electrons. The van der Waals surface area contributed by atoms with E-state index in [0.29, 0.717) is 12.1 Å². The van der Waals surface area contributed by atoms with Crippen LogP contribution >= 0.6 is 0 Å². The van der Waals surface area contributed by atoms with E-state index in [2.05, 4.69) is 11.2 Å². The fourth-order valence-corrected chi connectivity index (χ4v) is 4.40. The Bertz CT molecular complexity index is 1010. The Morgan fingerprint density at radius 3 is 2.88 bits per heavy atom. The molecule has 1 fully saturated rings. The van der Waals surface area contributed by atoms with Crippen LogP contribution in [0.4, 0.5) is 0 Å². The molecule has 0 aromatic carbocycles. The van der Waals surface area contributed by atoms with Gasteiger partial charge in [-0.15, -0.1) is 0 Å². The quantitative estimate of drug-likeness (QED) is 0.782. The summed E-state index contributed by atoms with van der Waals surface area (Å²) in [5.74, 6) is -0.208. The highest BCUT2D eigenvalue weighted by Gasteiger charge is 2.47. The van der Waals surface area contributed by atoms with Gasteiger partial charge in [0.2, 0.25) is 5.76 Å². The molecule has 0 amide bonds. The van der Waals surface area contributed by atoms with E-state index < -0.39 is 5.97 Å². The second-order valence-electron chi connectivity index (χ2n) is 7.38. The fourth-order valence-electron chi connectivity index (χ4n) is 4.40. The number of rotatable bonds is 3. The van der Waals surface area contributed by atoms with Crippen LogP contribution in [0.3, 0.4) is 0 Å². The first kappa shape index (κ1) is 15.4. The molecule has 6 heteroatoms. The van der Waals surface area contributed by atoms with E-state index in [1.807, 2.05) is 29.8 Å². The second-order valence-corrected chi connectivity index (χ2v) is 7.38. The van der Waals surface area contributed by atoms with Crippen LogP contribution in [0, 0.1) is 6.92 Å². The largest absolute Gasteiger partial charge is 0.475 e. The van der Waals surface area contributed by atoms with E-state index in [9.17, 15) is 9.90 Å². The van der Waals surface area contributed by atoms with Crippen LogP contribution in [-0.2, 0) is 18.4 Å². The number of aromatic nitrogens is 3. The van der Waals surface area contributed by atoms with Crippen molar-refractivity contribution in [1.29, 1.82) is 0 Å². The van der Waals surface area contributed by atoms with Crippen molar-refractivity contribution in [3.05, 3.63) is 58.9 Å². The van der Waals surface area contributed by atoms with Crippen LogP contribution in [-0.4, -0.2) is 25.8 Å². The lowest BCUT2D eigenvalue weighted by molar-refractivity contribution is 0.0657. The average molecular weight is 349 g/mol. The van der Waals surface area contributed by atoms with Crippen molar-refractivity contribution in [2.75, 3.05) is 0 Å². The molecule has 6 nitrogen and oxygen atoms in total. The maximum Gasteiger partial charge on any atom is 0.372 e. The molecule has 26 heavy (non-hydrogen) atoms. The standard InChI is InChI=1S/C20H19N3O3/c1-12-16-15(26-18(12)19(24)25)9-20(6-4-7-20)14-11-23(22-17(14)16)10-13-5-2-3-8-21-13/h2-3,5,8,11H,4,6-7,9-10H2,1H3,(H,24,25). The summed E-state index contributed by atoms with van der Waals surface area (Å²) in [5, 5.41) is 14.3. The zero-order chi connectivity index (χ0) is 17.9. The van der Waals surface area contributed by atoms with Crippen molar-refractivity contribution in [2.45, 2.75) is 44.6 Å². The van der Waals surface area contributed by atoms with Crippen molar-refractivity contribution < 1.29 is 14.3 Å². The van der Waals surface area contributed by atoms with Gasteiger partial charge in [0, 0.05) is 40.9 Å². The van der Waals surface area contributed by atoms with Crippen LogP contribution in [0.15, 0.2) is 35.0 Å². The number of carbonyl (C=O) groups is 1. The van der Waals surface area contributed by atoms with E-state index in [-0.39, 0.29) is 11.2 Å². The molecule has 0 bridgehead atoms. The Balaban J connectivity index is 1.64. The lowest BCUT2D eigenvalue weighted by Gasteiger charge is -2.43. The summed E-state index contributed by atoms with van der Waals surface area (Å²) >= 11 is 0. The fraction of sp³-hybridized carbons (Fsp3) is 0.350. The molecule has 3 heterocycles. The van der Waals surface area contributed by atoms with E-state index in [0.717, 1.165) is 42.0 Å². The first-order valence-corrected chi connectivity index (χ1v) is 8.91.